The lowest BCUT2D eigenvalue weighted by Crippen LogP contribution is -2.31. The molecular weight excluding hydrogens is 466 g/mol. The first-order chi connectivity index (χ1) is 16.4. The number of nitriles is 1. The highest BCUT2D eigenvalue weighted by molar-refractivity contribution is 8.05. The molecule has 0 radical (unpaired) electrons. The molecule has 7 heteroatoms. The van der Waals surface area contributed by atoms with Crippen LogP contribution in [0.1, 0.15) is 16.7 Å². The zero-order valence-corrected chi connectivity index (χ0v) is 20.3. The highest BCUT2D eigenvalue weighted by Crippen LogP contribution is 2.42. The highest BCUT2D eigenvalue weighted by Gasteiger charge is 2.41. The maximum absolute atomic E-state index is 13.5. The summed E-state index contributed by atoms with van der Waals surface area (Å²) in [4.78, 5) is 28.3. The third-order valence-electron chi connectivity index (χ3n) is 5.60. The summed E-state index contributed by atoms with van der Waals surface area (Å²) in [7, 11) is 0. The molecule has 1 aliphatic heterocycles. The number of hydrogen-bond donors (Lipinski definition) is 1. The zero-order chi connectivity index (χ0) is 24.2. The largest absolute Gasteiger partial charge is 0.321 e. The standard InChI is InChI=1S/C27H22ClN3O2S/c1-17-9-8-10-18(2)24(17)30-25(32)21(16-29)27-31(20-12-4-3-5-13-20)26(33)23(34-27)15-19-11-6-7-14-22(19)28/h3-14,23H,15H2,1-2H3,(H,30,32)/b27-21+/t23-/m1/s1. The molecule has 1 N–H and O–H groups in total. The number of benzene rings is 3. The Balaban J connectivity index is 1.75. The number of rotatable bonds is 5. The van der Waals surface area contributed by atoms with E-state index in [1.807, 2.05) is 74.5 Å². The molecule has 1 fully saturated rings. The van der Waals surface area contributed by atoms with Gasteiger partial charge in [-0.2, -0.15) is 5.26 Å². The summed E-state index contributed by atoms with van der Waals surface area (Å²) in [6.07, 6.45) is 0.382. The molecule has 5 nitrogen and oxygen atoms in total. The van der Waals surface area contributed by atoms with E-state index in [1.54, 1.807) is 18.2 Å². The number of aryl methyl sites for hydroxylation is 2. The Morgan fingerprint density at radius 1 is 1.03 bits per heavy atom. The van der Waals surface area contributed by atoms with E-state index in [2.05, 4.69) is 5.32 Å². The van der Waals surface area contributed by atoms with Crippen LogP contribution >= 0.6 is 23.4 Å². The summed E-state index contributed by atoms with van der Waals surface area (Å²) in [6.45, 7) is 3.79. The molecule has 3 aromatic carbocycles. The van der Waals surface area contributed by atoms with Crippen LogP contribution in [0.2, 0.25) is 5.02 Å². The van der Waals surface area contributed by atoms with Gasteiger partial charge in [-0.05, 0) is 55.2 Å². The molecule has 0 spiro atoms. The fraction of sp³-hybridized carbons (Fsp3) is 0.148. The van der Waals surface area contributed by atoms with Crippen LogP contribution in [-0.2, 0) is 16.0 Å². The summed E-state index contributed by atoms with van der Waals surface area (Å²) >= 11 is 7.56. The Bertz CT molecular complexity index is 1310. The Hall–Kier alpha value is -3.53. The van der Waals surface area contributed by atoms with Gasteiger partial charge in [0.2, 0.25) is 5.91 Å². The van der Waals surface area contributed by atoms with Gasteiger partial charge in [0, 0.05) is 16.4 Å². The summed E-state index contributed by atoms with van der Waals surface area (Å²) < 4.78 is 0. The predicted octanol–water partition coefficient (Wildman–Crippen LogP) is 6.02. The summed E-state index contributed by atoms with van der Waals surface area (Å²) in [5, 5.41) is 13.3. The topological polar surface area (TPSA) is 73.2 Å². The minimum Gasteiger partial charge on any atom is -0.321 e. The number of thioether (sulfide) groups is 1. The number of nitrogens with one attached hydrogen (secondary N) is 1. The van der Waals surface area contributed by atoms with Crippen molar-refractivity contribution in [2.45, 2.75) is 25.5 Å². The van der Waals surface area contributed by atoms with E-state index < -0.39 is 11.2 Å². The Morgan fingerprint density at radius 3 is 2.32 bits per heavy atom. The molecular formula is C27H22ClN3O2S. The quantitative estimate of drug-likeness (QED) is 0.352. The average molecular weight is 488 g/mol. The number of halogens is 1. The number of hydrogen-bond acceptors (Lipinski definition) is 4. The van der Waals surface area contributed by atoms with E-state index in [4.69, 9.17) is 11.6 Å². The first-order valence-corrected chi connectivity index (χ1v) is 12.0. The molecule has 170 valence electrons. The molecule has 0 saturated carbocycles. The fourth-order valence-electron chi connectivity index (χ4n) is 3.85. The van der Waals surface area contributed by atoms with Gasteiger partial charge in [-0.1, -0.05) is 78.0 Å². The lowest BCUT2D eigenvalue weighted by molar-refractivity contribution is -0.117. The monoisotopic (exact) mass is 487 g/mol. The highest BCUT2D eigenvalue weighted by atomic mass is 35.5. The molecule has 0 aromatic heterocycles. The second-order valence-electron chi connectivity index (χ2n) is 7.92. The first kappa shape index (κ1) is 23.6. The van der Waals surface area contributed by atoms with Crippen LogP contribution in [-0.4, -0.2) is 17.1 Å². The van der Waals surface area contributed by atoms with E-state index in [-0.39, 0.29) is 11.5 Å². The van der Waals surface area contributed by atoms with E-state index in [0.29, 0.717) is 27.8 Å². The third-order valence-corrected chi connectivity index (χ3v) is 7.23. The van der Waals surface area contributed by atoms with Crippen molar-refractivity contribution in [3.63, 3.8) is 0 Å². The second kappa shape index (κ2) is 10.2. The van der Waals surface area contributed by atoms with Crippen molar-refractivity contribution in [1.82, 2.24) is 0 Å². The average Bonchev–Trinajstić information content (AvgIpc) is 3.14. The van der Waals surface area contributed by atoms with Gasteiger partial charge in [-0.25, -0.2) is 0 Å². The number of carbonyl (C=O) groups is 2. The Labute approximate surface area is 208 Å². The lowest BCUT2D eigenvalue weighted by Gasteiger charge is -2.19. The second-order valence-corrected chi connectivity index (χ2v) is 9.52. The van der Waals surface area contributed by atoms with Gasteiger partial charge in [0.05, 0.1) is 5.25 Å². The Morgan fingerprint density at radius 2 is 1.68 bits per heavy atom. The van der Waals surface area contributed by atoms with Gasteiger partial charge in [0.1, 0.15) is 16.7 Å². The SMILES string of the molecule is Cc1cccc(C)c1NC(=O)/C(C#N)=C1/S[C@H](Cc2ccccc2Cl)C(=O)N1c1ccccc1. The minimum absolute atomic E-state index is 0.105. The molecule has 2 amide bonds. The predicted molar refractivity (Wildman–Crippen MR) is 138 cm³/mol. The molecule has 1 saturated heterocycles. The summed E-state index contributed by atoms with van der Waals surface area (Å²) in [6, 6.07) is 24.2. The van der Waals surface area contributed by atoms with Crippen molar-refractivity contribution in [2.75, 3.05) is 10.2 Å². The van der Waals surface area contributed by atoms with E-state index in [0.717, 1.165) is 16.7 Å². The van der Waals surface area contributed by atoms with Crippen molar-refractivity contribution >= 4 is 46.6 Å². The molecule has 1 heterocycles. The maximum atomic E-state index is 13.5. The zero-order valence-electron chi connectivity index (χ0n) is 18.7. The van der Waals surface area contributed by atoms with Crippen LogP contribution in [0.3, 0.4) is 0 Å². The normalized spacial score (nSPS) is 16.8. The van der Waals surface area contributed by atoms with E-state index >= 15 is 0 Å². The van der Waals surface area contributed by atoms with Gasteiger partial charge >= 0.3 is 0 Å². The lowest BCUT2D eigenvalue weighted by atomic mass is 10.1. The van der Waals surface area contributed by atoms with Crippen LogP contribution in [0.5, 0.6) is 0 Å². The van der Waals surface area contributed by atoms with Crippen molar-refractivity contribution in [2.24, 2.45) is 0 Å². The van der Waals surface area contributed by atoms with Crippen molar-refractivity contribution in [3.05, 3.63) is 105 Å². The van der Waals surface area contributed by atoms with Crippen LogP contribution in [0.4, 0.5) is 11.4 Å². The number of nitrogens with zero attached hydrogens (tertiary/aromatic N) is 2. The molecule has 0 aliphatic carbocycles. The molecule has 0 unspecified atom stereocenters. The smallest absolute Gasteiger partial charge is 0.269 e. The van der Waals surface area contributed by atoms with Gasteiger partial charge in [-0.15, -0.1) is 0 Å². The molecule has 0 bridgehead atoms. The van der Waals surface area contributed by atoms with Gasteiger partial charge < -0.3 is 5.32 Å². The first-order valence-electron chi connectivity index (χ1n) is 10.7. The molecule has 1 atom stereocenters. The van der Waals surface area contributed by atoms with E-state index in [9.17, 15) is 14.9 Å². The number of anilines is 2. The van der Waals surface area contributed by atoms with Crippen LogP contribution in [0, 0.1) is 25.2 Å². The molecule has 3 aromatic rings. The van der Waals surface area contributed by atoms with Crippen LogP contribution < -0.4 is 10.2 Å². The van der Waals surface area contributed by atoms with Gasteiger partial charge in [0.25, 0.3) is 5.91 Å². The van der Waals surface area contributed by atoms with Crippen molar-refractivity contribution in [3.8, 4) is 6.07 Å². The number of para-hydroxylation sites is 2. The summed E-state index contributed by atoms with van der Waals surface area (Å²) in [5.41, 5.74) is 3.78. The van der Waals surface area contributed by atoms with E-state index in [1.165, 1.54) is 16.7 Å². The van der Waals surface area contributed by atoms with Gasteiger partial charge in [-0.3, -0.25) is 14.5 Å². The molecule has 4 rings (SSSR count). The minimum atomic E-state index is -0.547. The van der Waals surface area contributed by atoms with Crippen LogP contribution in [0.15, 0.2) is 83.4 Å². The fourth-order valence-corrected chi connectivity index (χ4v) is 5.36. The third kappa shape index (κ3) is 4.72. The maximum Gasteiger partial charge on any atom is 0.269 e. The van der Waals surface area contributed by atoms with Crippen LogP contribution in [0.25, 0.3) is 0 Å². The molecule has 1 aliphatic rings. The molecule has 34 heavy (non-hydrogen) atoms. The number of carbonyl (C=O) groups excluding carboxylic acids is 2. The van der Waals surface area contributed by atoms with Crippen molar-refractivity contribution < 1.29 is 9.59 Å². The number of amides is 2. The van der Waals surface area contributed by atoms with Crippen molar-refractivity contribution in [1.29, 1.82) is 5.26 Å². The summed E-state index contributed by atoms with van der Waals surface area (Å²) in [5.74, 6) is -0.742. The van der Waals surface area contributed by atoms with Gasteiger partial charge in [0.15, 0.2) is 0 Å². The Kier molecular flexibility index (Phi) is 7.06.